The Morgan fingerprint density at radius 3 is 2.85 bits per heavy atom. The molecule has 1 atom stereocenters. The molecule has 1 aliphatic heterocycles. The quantitative estimate of drug-likeness (QED) is 0.918. The largest absolute Gasteiger partial charge is 0.337 e. The SMILES string of the molecule is Cn1ccnc1CN1CCCNC(C2CCCCC2)C1. The van der Waals surface area contributed by atoms with Crippen molar-refractivity contribution in [2.24, 2.45) is 13.0 Å². The molecule has 0 aromatic carbocycles. The lowest BCUT2D eigenvalue weighted by Crippen LogP contribution is -2.43. The number of aryl methyl sites for hydroxylation is 1. The first-order valence-corrected chi connectivity index (χ1v) is 8.25. The van der Waals surface area contributed by atoms with Gasteiger partial charge in [0.15, 0.2) is 0 Å². The number of nitrogens with zero attached hydrogens (tertiary/aromatic N) is 3. The minimum absolute atomic E-state index is 0.693. The topological polar surface area (TPSA) is 33.1 Å². The third-order valence-electron chi connectivity index (χ3n) is 5.02. The molecule has 1 aromatic rings. The molecule has 1 aromatic heterocycles. The molecule has 1 N–H and O–H groups in total. The Morgan fingerprint density at radius 1 is 1.25 bits per heavy atom. The van der Waals surface area contributed by atoms with E-state index in [1.165, 1.54) is 64.0 Å². The van der Waals surface area contributed by atoms with Crippen LogP contribution in [0.2, 0.25) is 0 Å². The van der Waals surface area contributed by atoms with Crippen molar-refractivity contribution < 1.29 is 0 Å². The smallest absolute Gasteiger partial charge is 0.122 e. The highest BCUT2D eigenvalue weighted by Gasteiger charge is 2.27. The molecule has 112 valence electrons. The minimum atomic E-state index is 0.693. The molecule has 4 heteroatoms. The van der Waals surface area contributed by atoms with E-state index in [9.17, 15) is 0 Å². The summed E-state index contributed by atoms with van der Waals surface area (Å²) < 4.78 is 2.15. The number of hydrogen-bond acceptors (Lipinski definition) is 3. The average Bonchev–Trinajstić information content (AvgIpc) is 2.75. The third-order valence-corrected chi connectivity index (χ3v) is 5.02. The zero-order chi connectivity index (χ0) is 13.8. The van der Waals surface area contributed by atoms with Crippen molar-refractivity contribution in [1.29, 1.82) is 0 Å². The van der Waals surface area contributed by atoms with Gasteiger partial charge in [0.2, 0.25) is 0 Å². The Morgan fingerprint density at radius 2 is 2.10 bits per heavy atom. The highest BCUT2D eigenvalue weighted by Crippen LogP contribution is 2.27. The van der Waals surface area contributed by atoms with Gasteiger partial charge in [-0.1, -0.05) is 19.3 Å². The molecule has 0 bridgehead atoms. The normalized spacial score (nSPS) is 26.6. The van der Waals surface area contributed by atoms with Gasteiger partial charge in [0, 0.05) is 32.0 Å². The Labute approximate surface area is 122 Å². The van der Waals surface area contributed by atoms with Gasteiger partial charge in [-0.2, -0.15) is 0 Å². The van der Waals surface area contributed by atoms with E-state index >= 15 is 0 Å². The van der Waals surface area contributed by atoms with E-state index in [0.717, 1.165) is 12.5 Å². The van der Waals surface area contributed by atoms with Crippen LogP contribution in [-0.4, -0.2) is 40.1 Å². The molecular weight excluding hydrogens is 248 g/mol. The number of imidazole rings is 1. The molecule has 4 nitrogen and oxygen atoms in total. The standard InChI is InChI=1S/C16H28N4/c1-19-11-9-18-16(19)13-20-10-5-8-17-15(12-20)14-6-3-2-4-7-14/h9,11,14-15,17H,2-8,10,12-13H2,1H3. The first kappa shape index (κ1) is 14.1. The number of nitrogens with one attached hydrogen (secondary N) is 1. The van der Waals surface area contributed by atoms with Crippen LogP contribution in [0.3, 0.4) is 0 Å². The van der Waals surface area contributed by atoms with Gasteiger partial charge in [-0.3, -0.25) is 4.90 Å². The van der Waals surface area contributed by atoms with Crippen LogP contribution in [0.5, 0.6) is 0 Å². The Hall–Kier alpha value is -0.870. The van der Waals surface area contributed by atoms with Crippen molar-refractivity contribution in [3.63, 3.8) is 0 Å². The molecule has 0 radical (unpaired) electrons. The lowest BCUT2D eigenvalue weighted by molar-refractivity contribution is 0.197. The molecule has 20 heavy (non-hydrogen) atoms. The van der Waals surface area contributed by atoms with Gasteiger partial charge in [-0.05, 0) is 38.3 Å². The zero-order valence-electron chi connectivity index (χ0n) is 12.7. The highest BCUT2D eigenvalue weighted by molar-refractivity contribution is 4.93. The average molecular weight is 276 g/mol. The van der Waals surface area contributed by atoms with Crippen molar-refractivity contribution in [1.82, 2.24) is 19.8 Å². The second kappa shape index (κ2) is 6.72. The summed E-state index contributed by atoms with van der Waals surface area (Å²) in [6.45, 7) is 4.56. The molecule has 0 amide bonds. The van der Waals surface area contributed by atoms with Gasteiger partial charge in [0.25, 0.3) is 0 Å². The first-order chi connectivity index (χ1) is 9.83. The number of rotatable bonds is 3. The fraction of sp³-hybridized carbons (Fsp3) is 0.812. The van der Waals surface area contributed by atoms with E-state index in [-0.39, 0.29) is 0 Å². The minimum Gasteiger partial charge on any atom is -0.337 e. The van der Waals surface area contributed by atoms with E-state index in [4.69, 9.17) is 0 Å². The van der Waals surface area contributed by atoms with Crippen LogP contribution >= 0.6 is 0 Å². The summed E-state index contributed by atoms with van der Waals surface area (Å²) in [5.41, 5.74) is 0. The molecule has 1 unspecified atom stereocenters. The fourth-order valence-corrected chi connectivity index (χ4v) is 3.77. The summed E-state index contributed by atoms with van der Waals surface area (Å²) in [5, 5.41) is 3.81. The molecule has 0 spiro atoms. The molecule has 2 fully saturated rings. The van der Waals surface area contributed by atoms with Crippen LogP contribution in [0.1, 0.15) is 44.3 Å². The van der Waals surface area contributed by atoms with Gasteiger partial charge >= 0.3 is 0 Å². The van der Waals surface area contributed by atoms with Crippen molar-refractivity contribution in [2.45, 2.75) is 51.1 Å². The van der Waals surface area contributed by atoms with Gasteiger partial charge in [-0.15, -0.1) is 0 Å². The van der Waals surface area contributed by atoms with Crippen molar-refractivity contribution >= 4 is 0 Å². The summed E-state index contributed by atoms with van der Waals surface area (Å²) in [6.07, 6.45) is 12.4. The maximum Gasteiger partial charge on any atom is 0.122 e. The molecule has 2 heterocycles. The molecule has 1 aliphatic carbocycles. The predicted octanol–water partition coefficient (Wildman–Crippen LogP) is 2.16. The lowest BCUT2D eigenvalue weighted by atomic mass is 9.83. The zero-order valence-corrected chi connectivity index (χ0v) is 12.7. The van der Waals surface area contributed by atoms with Gasteiger partial charge in [0.1, 0.15) is 5.82 Å². The van der Waals surface area contributed by atoms with Crippen LogP contribution in [0, 0.1) is 5.92 Å². The second-order valence-electron chi connectivity index (χ2n) is 6.50. The van der Waals surface area contributed by atoms with Gasteiger partial charge in [0.05, 0.1) is 6.54 Å². The summed E-state index contributed by atoms with van der Waals surface area (Å²) >= 11 is 0. The molecule has 1 saturated heterocycles. The maximum absolute atomic E-state index is 4.48. The van der Waals surface area contributed by atoms with Crippen molar-refractivity contribution in [2.75, 3.05) is 19.6 Å². The molecular formula is C16H28N4. The highest BCUT2D eigenvalue weighted by atomic mass is 15.2. The Balaban J connectivity index is 1.61. The number of hydrogen-bond donors (Lipinski definition) is 1. The predicted molar refractivity (Wildman–Crippen MR) is 81.5 cm³/mol. The van der Waals surface area contributed by atoms with Crippen LogP contribution in [0.4, 0.5) is 0 Å². The van der Waals surface area contributed by atoms with Gasteiger partial charge < -0.3 is 9.88 Å². The lowest BCUT2D eigenvalue weighted by Gasteiger charge is -2.32. The third kappa shape index (κ3) is 3.41. The fourth-order valence-electron chi connectivity index (χ4n) is 3.77. The van der Waals surface area contributed by atoms with Crippen molar-refractivity contribution in [3.8, 4) is 0 Å². The van der Waals surface area contributed by atoms with E-state index in [1.54, 1.807) is 0 Å². The van der Waals surface area contributed by atoms with Gasteiger partial charge in [-0.25, -0.2) is 4.98 Å². The van der Waals surface area contributed by atoms with Crippen LogP contribution in [0.25, 0.3) is 0 Å². The van der Waals surface area contributed by atoms with Crippen LogP contribution in [0.15, 0.2) is 12.4 Å². The van der Waals surface area contributed by atoms with E-state index in [0.29, 0.717) is 6.04 Å². The second-order valence-corrected chi connectivity index (χ2v) is 6.50. The molecule has 3 rings (SSSR count). The number of aromatic nitrogens is 2. The van der Waals surface area contributed by atoms with Crippen LogP contribution < -0.4 is 5.32 Å². The summed E-state index contributed by atoms with van der Waals surface area (Å²) in [4.78, 5) is 7.08. The summed E-state index contributed by atoms with van der Waals surface area (Å²) in [6, 6.07) is 0.693. The summed E-state index contributed by atoms with van der Waals surface area (Å²) in [7, 11) is 2.09. The first-order valence-electron chi connectivity index (χ1n) is 8.25. The maximum atomic E-state index is 4.48. The van der Waals surface area contributed by atoms with E-state index in [1.807, 2.05) is 12.4 Å². The van der Waals surface area contributed by atoms with E-state index in [2.05, 4.69) is 26.8 Å². The molecule has 1 saturated carbocycles. The van der Waals surface area contributed by atoms with E-state index < -0.39 is 0 Å². The molecule has 2 aliphatic rings. The van der Waals surface area contributed by atoms with Crippen LogP contribution in [-0.2, 0) is 13.6 Å². The van der Waals surface area contributed by atoms with Crippen molar-refractivity contribution in [3.05, 3.63) is 18.2 Å². The summed E-state index contributed by atoms with van der Waals surface area (Å²) in [5.74, 6) is 2.08. The Kier molecular flexibility index (Phi) is 4.73. The Bertz CT molecular complexity index is 408. The monoisotopic (exact) mass is 276 g/mol.